The molecule has 0 unspecified atom stereocenters. The predicted molar refractivity (Wildman–Crippen MR) is 56.6 cm³/mol. The monoisotopic (exact) mass is 261 g/mol. The van der Waals surface area contributed by atoms with E-state index < -0.39 is 17.8 Å². The summed E-state index contributed by atoms with van der Waals surface area (Å²) in [5, 5.41) is 3.47. The second kappa shape index (κ2) is 4.04. The highest BCUT2D eigenvalue weighted by atomic mass is 19.4. The quantitative estimate of drug-likeness (QED) is 0.900. The average molecular weight is 261 g/mol. The van der Waals surface area contributed by atoms with E-state index in [1.165, 1.54) is 6.20 Å². The van der Waals surface area contributed by atoms with Gasteiger partial charge in [0.15, 0.2) is 0 Å². The lowest BCUT2D eigenvalue weighted by Gasteiger charge is -2.04. The standard InChI is InChI=1S/C10H10F3N3O2/c1-5(2)6-4-14-7-3-8(18-10(11,12)13)15-16(7)9(6)17/h3-5,14H,1-2H3. The van der Waals surface area contributed by atoms with Crippen molar-refractivity contribution in [3.05, 3.63) is 28.2 Å². The van der Waals surface area contributed by atoms with Gasteiger partial charge >= 0.3 is 6.36 Å². The summed E-state index contributed by atoms with van der Waals surface area (Å²) in [5.41, 5.74) is 0.114. The third-order valence-electron chi connectivity index (χ3n) is 2.34. The summed E-state index contributed by atoms with van der Waals surface area (Å²) in [6.45, 7) is 3.60. The molecule has 5 nitrogen and oxygen atoms in total. The first kappa shape index (κ1) is 12.5. The number of alkyl halides is 3. The van der Waals surface area contributed by atoms with Crippen LogP contribution in [0.15, 0.2) is 17.1 Å². The molecule has 0 aliphatic carbocycles. The number of fused-ring (bicyclic) bond motifs is 1. The van der Waals surface area contributed by atoms with Gasteiger partial charge in [-0.15, -0.1) is 18.3 Å². The maximum Gasteiger partial charge on any atom is 0.574 e. The minimum Gasteiger partial charge on any atom is -0.386 e. The van der Waals surface area contributed by atoms with Crippen LogP contribution in [0.1, 0.15) is 25.3 Å². The highest BCUT2D eigenvalue weighted by molar-refractivity contribution is 5.42. The number of hydrogen-bond donors (Lipinski definition) is 1. The van der Waals surface area contributed by atoms with Crippen LogP contribution in [0.25, 0.3) is 5.65 Å². The Balaban J connectivity index is 2.52. The van der Waals surface area contributed by atoms with Crippen LogP contribution in [0, 0.1) is 0 Å². The van der Waals surface area contributed by atoms with E-state index in [9.17, 15) is 18.0 Å². The molecule has 0 aliphatic heterocycles. The first-order valence-corrected chi connectivity index (χ1v) is 5.15. The minimum absolute atomic E-state index is 0.0608. The van der Waals surface area contributed by atoms with E-state index in [-0.39, 0.29) is 11.6 Å². The highest BCUT2D eigenvalue weighted by Gasteiger charge is 2.32. The van der Waals surface area contributed by atoms with E-state index in [1.807, 2.05) is 0 Å². The van der Waals surface area contributed by atoms with Crippen molar-refractivity contribution >= 4 is 5.65 Å². The molecule has 0 atom stereocenters. The fourth-order valence-electron chi connectivity index (χ4n) is 1.53. The smallest absolute Gasteiger partial charge is 0.386 e. The number of halogens is 3. The van der Waals surface area contributed by atoms with Crippen molar-refractivity contribution in [3.8, 4) is 5.88 Å². The molecule has 0 amide bonds. The number of nitrogens with one attached hydrogen (secondary N) is 1. The number of hydrogen-bond acceptors (Lipinski definition) is 3. The molecular formula is C10H10F3N3O2. The third-order valence-corrected chi connectivity index (χ3v) is 2.34. The summed E-state index contributed by atoms with van der Waals surface area (Å²) < 4.78 is 40.6. The number of ether oxygens (including phenoxy) is 1. The maximum atomic E-state index is 12.0. The number of nitrogens with zero attached hydrogens (tertiary/aromatic N) is 2. The van der Waals surface area contributed by atoms with Crippen molar-refractivity contribution in [1.29, 1.82) is 0 Å². The number of aromatic nitrogens is 3. The predicted octanol–water partition coefficient (Wildman–Crippen LogP) is 2.04. The molecular weight excluding hydrogens is 251 g/mol. The Kier molecular flexibility index (Phi) is 2.80. The summed E-state index contributed by atoms with van der Waals surface area (Å²) in [6, 6.07) is 1.01. The summed E-state index contributed by atoms with van der Waals surface area (Å²) in [4.78, 5) is 14.6. The van der Waals surface area contributed by atoms with E-state index >= 15 is 0 Å². The van der Waals surface area contributed by atoms with Gasteiger partial charge in [-0.25, -0.2) is 0 Å². The van der Waals surface area contributed by atoms with Crippen LogP contribution in [-0.4, -0.2) is 21.0 Å². The zero-order chi connectivity index (χ0) is 13.5. The van der Waals surface area contributed by atoms with Crippen LogP contribution in [-0.2, 0) is 0 Å². The van der Waals surface area contributed by atoms with E-state index in [2.05, 4.69) is 14.8 Å². The zero-order valence-corrected chi connectivity index (χ0v) is 9.58. The van der Waals surface area contributed by atoms with Gasteiger partial charge < -0.3 is 9.72 Å². The summed E-state index contributed by atoms with van der Waals surface area (Å²) in [6.07, 6.45) is -3.37. The van der Waals surface area contributed by atoms with Gasteiger partial charge in [0, 0.05) is 17.8 Å². The van der Waals surface area contributed by atoms with Gasteiger partial charge in [-0.2, -0.15) is 4.52 Å². The summed E-state index contributed by atoms with van der Waals surface area (Å²) >= 11 is 0. The van der Waals surface area contributed by atoms with Crippen molar-refractivity contribution in [3.63, 3.8) is 0 Å². The van der Waals surface area contributed by atoms with Gasteiger partial charge in [0.25, 0.3) is 5.56 Å². The van der Waals surface area contributed by atoms with Crippen LogP contribution in [0.5, 0.6) is 5.88 Å². The molecule has 18 heavy (non-hydrogen) atoms. The second-order valence-corrected chi connectivity index (χ2v) is 4.03. The lowest BCUT2D eigenvalue weighted by molar-refractivity contribution is -0.276. The second-order valence-electron chi connectivity index (χ2n) is 4.03. The van der Waals surface area contributed by atoms with Gasteiger partial charge in [-0.3, -0.25) is 4.79 Å². The third kappa shape index (κ3) is 2.31. The Hall–Kier alpha value is -1.99. The van der Waals surface area contributed by atoms with E-state index in [0.29, 0.717) is 5.56 Å². The molecule has 0 spiro atoms. The van der Waals surface area contributed by atoms with Crippen molar-refractivity contribution < 1.29 is 17.9 Å². The Morgan fingerprint density at radius 1 is 1.44 bits per heavy atom. The molecule has 2 heterocycles. The SMILES string of the molecule is CC(C)c1c[nH]c2cc(OC(F)(F)F)nn2c1=O. The van der Waals surface area contributed by atoms with Gasteiger partial charge in [0.2, 0.25) is 5.88 Å². The molecule has 0 aliphatic rings. The van der Waals surface area contributed by atoms with Gasteiger partial charge in [-0.1, -0.05) is 13.8 Å². The lowest BCUT2D eigenvalue weighted by atomic mass is 10.1. The molecule has 2 aromatic rings. The Labute approximate surface area is 99.2 Å². The zero-order valence-electron chi connectivity index (χ0n) is 9.58. The van der Waals surface area contributed by atoms with Crippen LogP contribution in [0.3, 0.4) is 0 Å². The van der Waals surface area contributed by atoms with Crippen LogP contribution >= 0.6 is 0 Å². The maximum absolute atomic E-state index is 12.0. The van der Waals surface area contributed by atoms with E-state index in [4.69, 9.17) is 0 Å². The fourth-order valence-corrected chi connectivity index (χ4v) is 1.53. The number of H-pyrrole nitrogens is 1. The highest BCUT2D eigenvalue weighted by Crippen LogP contribution is 2.21. The molecule has 98 valence electrons. The van der Waals surface area contributed by atoms with E-state index in [1.54, 1.807) is 13.8 Å². The van der Waals surface area contributed by atoms with Crippen molar-refractivity contribution in [2.75, 3.05) is 0 Å². The number of aromatic amines is 1. The Morgan fingerprint density at radius 2 is 2.11 bits per heavy atom. The Bertz CT molecular complexity index is 627. The summed E-state index contributed by atoms with van der Waals surface area (Å²) in [7, 11) is 0. The first-order chi connectivity index (χ1) is 8.28. The molecule has 8 heteroatoms. The molecule has 2 rings (SSSR count). The minimum atomic E-state index is -4.83. The van der Waals surface area contributed by atoms with E-state index in [0.717, 1.165) is 10.6 Å². The molecule has 0 radical (unpaired) electrons. The topological polar surface area (TPSA) is 59.4 Å². The molecule has 2 aromatic heterocycles. The Morgan fingerprint density at radius 3 is 2.67 bits per heavy atom. The fraction of sp³-hybridized carbons (Fsp3) is 0.400. The van der Waals surface area contributed by atoms with Crippen LogP contribution < -0.4 is 10.3 Å². The largest absolute Gasteiger partial charge is 0.574 e. The van der Waals surface area contributed by atoms with Crippen molar-refractivity contribution in [2.45, 2.75) is 26.1 Å². The average Bonchev–Trinajstić information content (AvgIpc) is 2.58. The van der Waals surface area contributed by atoms with Crippen LogP contribution in [0.4, 0.5) is 13.2 Å². The van der Waals surface area contributed by atoms with Gasteiger partial charge in [0.05, 0.1) is 0 Å². The molecule has 0 saturated carbocycles. The van der Waals surface area contributed by atoms with Crippen molar-refractivity contribution in [1.82, 2.24) is 14.6 Å². The van der Waals surface area contributed by atoms with Crippen LogP contribution in [0.2, 0.25) is 0 Å². The van der Waals surface area contributed by atoms with Gasteiger partial charge in [-0.05, 0) is 5.92 Å². The number of rotatable bonds is 2. The molecule has 0 saturated heterocycles. The molecule has 0 bridgehead atoms. The lowest BCUT2D eigenvalue weighted by Crippen LogP contribution is -2.21. The summed E-state index contributed by atoms with van der Waals surface area (Å²) in [5.74, 6) is -0.730. The normalized spacial score (nSPS) is 12.3. The first-order valence-electron chi connectivity index (χ1n) is 5.15. The molecule has 1 N–H and O–H groups in total. The molecule has 0 aromatic carbocycles. The van der Waals surface area contributed by atoms with Crippen molar-refractivity contribution in [2.24, 2.45) is 0 Å². The van der Waals surface area contributed by atoms with Gasteiger partial charge in [0.1, 0.15) is 5.65 Å². The molecule has 0 fully saturated rings.